The van der Waals surface area contributed by atoms with E-state index in [4.69, 9.17) is 5.73 Å². The number of aryl methyl sites for hydroxylation is 1. The van der Waals surface area contributed by atoms with Gasteiger partial charge in [0.25, 0.3) is 0 Å². The van der Waals surface area contributed by atoms with Gasteiger partial charge in [0.1, 0.15) is 0 Å². The van der Waals surface area contributed by atoms with Gasteiger partial charge in [-0.15, -0.1) is 5.10 Å². The van der Waals surface area contributed by atoms with Crippen LogP contribution in [0.3, 0.4) is 0 Å². The standard InChI is InChI=1S/C14H20N6/c1-20-14(17-18-19-20)10-4-2-6-12(8-10)16-13-7-3-5-11(15)9-13/h2,4,6,8,11,13,16H,3,5,7,9,15H2,1H3. The van der Waals surface area contributed by atoms with Gasteiger partial charge in [-0.2, -0.15) is 0 Å². The van der Waals surface area contributed by atoms with Crippen molar-refractivity contribution in [2.24, 2.45) is 12.8 Å². The molecule has 2 atom stereocenters. The minimum absolute atomic E-state index is 0.326. The minimum Gasteiger partial charge on any atom is -0.382 e. The number of benzene rings is 1. The smallest absolute Gasteiger partial charge is 0.181 e. The lowest BCUT2D eigenvalue weighted by atomic mass is 9.91. The number of nitrogens with two attached hydrogens (primary N) is 1. The Kier molecular flexibility index (Phi) is 3.64. The molecule has 1 heterocycles. The summed E-state index contributed by atoms with van der Waals surface area (Å²) in [6, 6.07) is 9.00. The molecule has 6 heteroatoms. The number of nitrogens with one attached hydrogen (secondary N) is 1. The van der Waals surface area contributed by atoms with E-state index in [-0.39, 0.29) is 0 Å². The molecule has 1 aliphatic carbocycles. The van der Waals surface area contributed by atoms with Crippen LogP contribution in [-0.2, 0) is 7.05 Å². The quantitative estimate of drug-likeness (QED) is 0.886. The van der Waals surface area contributed by atoms with Gasteiger partial charge in [0.2, 0.25) is 0 Å². The highest BCUT2D eigenvalue weighted by molar-refractivity contribution is 5.62. The Morgan fingerprint density at radius 1 is 1.35 bits per heavy atom. The fourth-order valence-electron chi connectivity index (χ4n) is 2.82. The van der Waals surface area contributed by atoms with Crippen molar-refractivity contribution in [2.45, 2.75) is 37.8 Å². The first-order chi connectivity index (χ1) is 9.72. The first-order valence-corrected chi connectivity index (χ1v) is 7.07. The van der Waals surface area contributed by atoms with Gasteiger partial charge in [-0.25, -0.2) is 4.68 Å². The predicted molar refractivity (Wildman–Crippen MR) is 78.1 cm³/mol. The molecule has 1 saturated carbocycles. The molecule has 0 bridgehead atoms. The van der Waals surface area contributed by atoms with Crippen molar-refractivity contribution in [2.75, 3.05) is 5.32 Å². The maximum Gasteiger partial charge on any atom is 0.181 e. The molecule has 1 aromatic carbocycles. The number of aromatic nitrogens is 4. The topological polar surface area (TPSA) is 81.7 Å². The summed E-state index contributed by atoms with van der Waals surface area (Å²) >= 11 is 0. The summed E-state index contributed by atoms with van der Waals surface area (Å²) in [5.41, 5.74) is 8.15. The SMILES string of the molecule is Cn1nnnc1-c1cccc(NC2CCCC(N)C2)c1. The van der Waals surface area contributed by atoms with Gasteiger partial charge in [0, 0.05) is 30.4 Å². The molecule has 6 nitrogen and oxygen atoms in total. The summed E-state index contributed by atoms with van der Waals surface area (Å²) in [4.78, 5) is 0. The summed E-state index contributed by atoms with van der Waals surface area (Å²) in [5, 5.41) is 15.2. The third-order valence-corrected chi connectivity index (χ3v) is 3.83. The summed E-state index contributed by atoms with van der Waals surface area (Å²) in [5.74, 6) is 0.772. The van der Waals surface area contributed by atoms with Crippen LogP contribution in [-0.4, -0.2) is 32.3 Å². The van der Waals surface area contributed by atoms with Crippen LogP contribution >= 0.6 is 0 Å². The second-order valence-corrected chi connectivity index (χ2v) is 5.47. The highest BCUT2D eigenvalue weighted by atomic mass is 15.5. The van der Waals surface area contributed by atoms with Gasteiger partial charge in [-0.3, -0.25) is 0 Å². The Hall–Kier alpha value is -1.95. The van der Waals surface area contributed by atoms with Gasteiger partial charge >= 0.3 is 0 Å². The van der Waals surface area contributed by atoms with Gasteiger partial charge in [0.05, 0.1) is 0 Å². The molecular weight excluding hydrogens is 252 g/mol. The van der Waals surface area contributed by atoms with Crippen LogP contribution in [0.1, 0.15) is 25.7 Å². The first kappa shape index (κ1) is 13.1. The highest BCUT2D eigenvalue weighted by Crippen LogP contribution is 2.24. The van der Waals surface area contributed by atoms with E-state index < -0.39 is 0 Å². The molecule has 1 aromatic heterocycles. The fraction of sp³-hybridized carbons (Fsp3) is 0.500. The van der Waals surface area contributed by atoms with Crippen molar-refractivity contribution in [1.82, 2.24) is 20.2 Å². The molecule has 0 saturated heterocycles. The van der Waals surface area contributed by atoms with Crippen LogP contribution in [0.5, 0.6) is 0 Å². The van der Waals surface area contributed by atoms with Gasteiger partial charge in [0.15, 0.2) is 5.82 Å². The maximum absolute atomic E-state index is 6.04. The van der Waals surface area contributed by atoms with Crippen LogP contribution in [0.25, 0.3) is 11.4 Å². The number of anilines is 1. The summed E-state index contributed by atoms with van der Waals surface area (Å²) in [6.45, 7) is 0. The molecule has 0 radical (unpaired) electrons. The third kappa shape index (κ3) is 2.80. The van der Waals surface area contributed by atoms with E-state index in [9.17, 15) is 0 Å². The van der Waals surface area contributed by atoms with Crippen LogP contribution in [0.2, 0.25) is 0 Å². The molecular formula is C14H20N6. The zero-order valence-electron chi connectivity index (χ0n) is 11.7. The Bertz CT molecular complexity index is 579. The van der Waals surface area contributed by atoms with E-state index in [0.29, 0.717) is 12.1 Å². The van der Waals surface area contributed by atoms with E-state index >= 15 is 0 Å². The van der Waals surface area contributed by atoms with Crippen molar-refractivity contribution in [3.05, 3.63) is 24.3 Å². The van der Waals surface area contributed by atoms with Crippen LogP contribution in [0.4, 0.5) is 5.69 Å². The molecule has 3 rings (SSSR count). The Morgan fingerprint density at radius 3 is 3.00 bits per heavy atom. The van der Waals surface area contributed by atoms with Crippen LogP contribution < -0.4 is 11.1 Å². The van der Waals surface area contributed by atoms with Crippen molar-refractivity contribution in [3.8, 4) is 11.4 Å². The van der Waals surface area contributed by atoms with E-state index in [1.807, 2.05) is 19.2 Å². The van der Waals surface area contributed by atoms with E-state index in [0.717, 1.165) is 29.9 Å². The number of tetrazole rings is 1. The third-order valence-electron chi connectivity index (χ3n) is 3.83. The lowest BCUT2D eigenvalue weighted by molar-refractivity contribution is 0.409. The largest absolute Gasteiger partial charge is 0.382 e. The molecule has 0 spiro atoms. The van der Waals surface area contributed by atoms with Crippen molar-refractivity contribution >= 4 is 5.69 Å². The Balaban J connectivity index is 1.76. The minimum atomic E-state index is 0.326. The summed E-state index contributed by atoms with van der Waals surface area (Å²) < 4.78 is 1.68. The van der Waals surface area contributed by atoms with Crippen molar-refractivity contribution in [1.29, 1.82) is 0 Å². The molecule has 1 fully saturated rings. The van der Waals surface area contributed by atoms with E-state index in [1.165, 1.54) is 12.8 Å². The zero-order valence-corrected chi connectivity index (χ0v) is 11.7. The number of hydrogen-bond acceptors (Lipinski definition) is 5. The van der Waals surface area contributed by atoms with Gasteiger partial charge in [-0.1, -0.05) is 12.1 Å². The second-order valence-electron chi connectivity index (χ2n) is 5.47. The Morgan fingerprint density at radius 2 is 2.25 bits per heavy atom. The van der Waals surface area contributed by atoms with E-state index in [1.54, 1.807) is 4.68 Å². The molecule has 0 aliphatic heterocycles. The predicted octanol–water partition coefficient (Wildman–Crippen LogP) is 1.56. The fourth-order valence-corrected chi connectivity index (χ4v) is 2.82. The van der Waals surface area contributed by atoms with Gasteiger partial charge < -0.3 is 11.1 Å². The molecule has 106 valence electrons. The molecule has 2 aromatic rings. The second kappa shape index (κ2) is 5.58. The summed E-state index contributed by atoms with van der Waals surface area (Å²) in [7, 11) is 1.84. The molecule has 3 N–H and O–H groups in total. The molecule has 2 unspecified atom stereocenters. The van der Waals surface area contributed by atoms with Crippen LogP contribution in [0.15, 0.2) is 24.3 Å². The highest BCUT2D eigenvalue weighted by Gasteiger charge is 2.19. The van der Waals surface area contributed by atoms with Gasteiger partial charge in [-0.05, 0) is 48.2 Å². The molecule has 1 aliphatic rings. The maximum atomic E-state index is 6.04. The normalized spacial score (nSPS) is 22.7. The number of hydrogen-bond donors (Lipinski definition) is 2. The Labute approximate surface area is 118 Å². The number of rotatable bonds is 3. The van der Waals surface area contributed by atoms with Crippen LogP contribution in [0, 0.1) is 0 Å². The lowest BCUT2D eigenvalue weighted by Crippen LogP contribution is -2.34. The van der Waals surface area contributed by atoms with Crippen molar-refractivity contribution in [3.63, 3.8) is 0 Å². The summed E-state index contributed by atoms with van der Waals surface area (Å²) in [6.07, 6.45) is 4.56. The van der Waals surface area contributed by atoms with Crippen molar-refractivity contribution < 1.29 is 0 Å². The molecule has 20 heavy (non-hydrogen) atoms. The zero-order chi connectivity index (χ0) is 13.9. The average molecular weight is 272 g/mol. The average Bonchev–Trinajstić information content (AvgIpc) is 2.85. The van der Waals surface area contributed by atoms with E-state index in [2.05, 4.69) is 33.0 Å². The first-order valence-electron chi connectivity index (χ1n) is 7.07. The molecule has 0 amide bonds. The number of nitrogens with zero attached hydrogens (tertiary/aromatic N) is 4. The monoisotopic (exact) mass is 272 g/mol. The lowest BCUT2D eigenvalue weighted by Gasteiger charge is -2.28.